The predicted molar refractivity (Wildman–Crippen MR) is 78.2 cm³/mol. The zero-order valence-electron chi connectivity index (χ0n) is 12.0. The van der Waals surface area contributed by atoms with Gasteiger partial charge in [0.1, 0.15) is 0 Å². The van der Waals surface area contributed by atoms with Crippen LogP contribution in [0.3, 0.4) is 0 Å². The van der Waals surface area contributed by atoms with Gasteiger partial charge < -0.3 is 15.3 Å². The van der Waals surface area contributed by atoms with E-state index in [-0.39, 0.29) is 19.5 Å². The summed E-state index contributed by atoms with van der Waals surface area (Å²) in [5.41, 5.74) is 1.79. The Morgan fingerprint density at radius 3 is 2.33 bits per heavy atom. The van der Waals surface area contributed by atoms with E-state index in [1.807, 2.05) is 31.2 Å². The van der Waals surface area contributed by atoms with Crippen molar-refractivity contribution in [2.24, 2.45) is 0 Å². The highest BCUT2D eigenvalue weighted by Gasteiger charge is 2.14. The van der Waals surface area contributed by atoms with E-state index in [1.54, 1.807) is 4.90 Å². The van der Waals surface area contributed by atoms with Crippen LogP contribution >= 0.6 is 0 Å². The fraction of sp³-hybridized carbons (Fsp3) is 0.357. The van der Waals surface area contributed by atoms with Crippen LogP contribution in [0.15, 0.2) is 24.3 Å². The van der Waals surface area contributed by atoms with Gasteiger partial charge in [-0.05, 0) is 19.1 Å². The molecule has 1 aromatic rings. The maximum absolute atomic E-state index is 11.7. The van der Waals surface area contributed by atoms with Crippen LogP contribution in [0, 0.1) is 6.92 Å². The maximum atomic E-state index is 11.7. The fourth-order valence-corrected chi connectivity index (χ4v) is 1.69. The first kappa shape index (κ1) is 16.5. The third-order valence-corrected chi connectivity index (χ3v) is 2.81. The summed E-state index contributed by atoms with van der Waals surface area (Å²) in [5, 5.41) is 13.2. The van der Waals surface area contributed by atoms with E-state index >= 15 is 0 Å². The van der Waals surface area contributed by atoms with Gasteiger partial charge in [0.25, 0.3) is 0 Å². The highest BCUT2D eigenvalue weighted by atomic mass is 16.4. The van der Waals surface area contributed by atoms with Gasteiger partial charge in [0.2, 0.25) is 5.91 Å². The first-order valence-electron chi connectivity index (χ1n) is 6.47. The van der Waals surface area contributed by atoms with Crippen molar-refractivity contribution in [3.63, 3.8) is 0 Å². The zero-order chi connectivity index (χ0) is 15.8. The van der Waals surface area contributed by atoms with E-state index in [0.717, 1.165) is 11.3 Å². The Morgan fingerprint density at radius 1 is 1.19 bits per heavy atom. The van der Waals surface area contributed by atoms with Crippen LogP contribution in [0.4, 0.5) is 10.5 Å². The molecule has 0 aliphatic heterocycles. The summed E-state index contributed by atoms with van der Waals surface area (Å²) in [7, 11) is 1.41. The molecule has 7 heteroatoms. The lowest BCUT2D eigenvalue weighted by molar-refractivity contribution is -0.136. The molecule has 0 saturated heterocycles. The third kappa shape index (κ3) is 5.94. The van der Waals surface area contributed by atoms with E-state index in [2.05, 4.69) is 10.6 Å². The molecular weight excluding hydrogens is 274 g/mol. The maximum Gasteiger partial charge on any atom is 0.321 e. The molecule has 0 aromatic heterocycles. The number of carbonyl (C=O) groups is 3. The van der Waals surface area contributed by atoms with Crippen molar-refractivity contribution >= 4 is 23.6 Å². The lowest BCUT2D eigenvalue weighted by Gasteiger charge is -2.23. The van der Waals surface area contributed by atoms with Crippen molar-refractivity contribution in [1.29, 1.82) is 0 Å². The quantitative estimate of drug-likeness (QED) is 0.718. The molecule has 1 rings (SSSR count). The molecule has 114 valence electrons. The molecule has 0 fully saturated rings. The van der Waals surface area contributed by atoms with Crippen LogP contribution in [-0.4, -0.2) is 43.2 Å². The number of carboxylic acids is 1. The van der Waals surface area contributed by atoms with E-state index < -0.39 is 17.9 Å². The van der Waals surface area contributed by atoms with E-state index in [4.69, 9.17) is 5.11 Å². The van der Waals surface area contributed by atoms with Crippen LogP contribution in [0.5, 0.6) is 0 Å². The number of carboxylic acid groups (broad SMARTS) is 1. The van der Waals surface area contributed by atoms with Crippen molar-refractivity contribution in [2.75, 3.05) is 25.0 Å². The van der Waals surface area contributed by atoms with Crippen LogP contribution in [0.1, 0.15) is 12.0 Å². The number of aliphatic carboxylic acids is 1. The molecule has 3 amide bonds. The van der Waals surface area contributed by atoms with Gasteiger partial charge in [-0.3, -0.25) is 14.9 Å². The molecule has 3 N–H and O–H groups in total. The molecule has 0 radical (unpaired) electrons. The van der Waals surface area contributed by atoms with Gasteiger partial charge in [-0.2, -0.15) is 0 Å². The Hall–Kier alpha value is -2.57. The number of amides is 3. The number of anilines is 1. The fourth-order valence-electron chi connectivity index (χ4n) is 1.69. The summed E-state index contributed by atoms with van der Waals surface area (Å²) in [6.07, 6.45) is -0.0961. The molecule has 0 aliphatic carbocycles. The largest absolute Gasteiger partial charge is 0.481 e. The standard InChI is InChI=1S/C14H19N3O4/c1-10-3-5-11(6-4-10)17(8-7-13(19)20)9-12(18)16-14(21)15-2/h3-6H,7-9H2,1-2H3,(H,19,20)(H2,15,16,18,21). The summed E-state index contributed by atoms with van der Waals surface area (Å²) in [5.74, 6) is -1.45. The van der Waals surface area contributed by atoms with Gasteiger partial charge >= 0.3 is 12.0 Å². The summed E-state index contributed by atoms with van der Waals surface area (Å²) >= 11 is 0. The van der Waals surface area contributed by atoms with Crippen molar-refractivity contribution in [1.82, 2.24) is 10.6 Å². The van der Waals surface area contributed by atoms with Gasteiger partial charge in [-0.25, -0.2) is 4.79 Å². The molecule has 0 aliphatic rings. The van der Waals surface area contributed by atoms with Crippen molar-refractivity contribution in [2.45, 2.75) is 13.3 Å². The highest BCUT2D eigenvalue weighted by Crippen LogP contribution is 2.15. The van der Waals surface area contributed by atoms with Gasteiger partial charge in [0.15, 0.2) is 0 Å². The summed E-state index contributed by atoms with van der Waals surface area (Å²) < 4.78 is 0. The Kier molecular flexibility index (Phi) is 6.19. The average Bonchev–Trinajstić information content (AvgIpc) is 2.44. The molecule has 7 nitrogen and oxygen atoms in total. The van der Waals surface area contributed by atoms with E-state index in [9.17, 15) is 14.4 Å². The third-order valence-electron chi connectivity index (χ3n) is 2.81. The molecule has 1 aromatic carbocycles. The summed E-state index contributed by atoms with van der Waals surface area (Å²) in [6, 6.07) is 6.77. The summed E-state index contributed by atoms with van der Waals surface area (Å²) in [4.78, 5) is 35.2. The molecule has 0 heterocycles. The molecular formula is C14H19N3O4. The van der Waals surface area contributed by atoms with Crippen molar-refractivity contribution in [3.8, 4) is 0 Å². The minimum Gasteiger partial charge on any atom is -0.481 e. The van der Waals surface area contributed by atoms with Crippen LogP contribution < -0.4 is 15.5 Å². The number of aryl methyl sites for hydroxylation is 1. The summed E-state index contributed by atoms with van der Waals surface area (Å²) in [6.45, 7) is 2.02. The average molecular weight is 293 g/mol. The number of nitrogens with one attached hydrogen (secondary N) is 2. The number of carbonyl (C=O) groups excluding carboxylic acids is 2. The van der Waals surface area contributed by atoms with Gasteiger partial charge in [-0.15, -0.1) is 0 Å². The first-order chi connectivity index (χ1) is 9.92. The molecule has 0 bridgehead atoms. The monoisotopic (exact) mass is 293 g/mol. The van der Waals surface area contributed by atoms with Gasteiger partial charge in [-0.1, -0.05) is 17.7 Å². The molecule has 0 saturated carbocycles. The second-order valence-electron chi connectivity index (χ2n) is 4.53. The number of hydrogen-bond donors (Lipinski definition) is 3. The second kappa shape index (κ2) is 7.88. The van der Waals surface area contributed by atoms with Crippen molar-refractivity contribution in [3.05, 3.63) is 29.8 Å². The Balaban J connectivity index is 2.76. The van der Waals surface area contributed by atoms with Crippen LogP contribution in [0.25, 0.3) is 0 Å². The number of urea groups is 1. The first-order valence-corrected chi connectivity index (χ1v) is 6.47. The normalized spacial score (nSPS) is 9.81. The lowest BCUT2D eigenvalue weighted by Crippen LogP contribution is -2.44. The molecule has 0 spiro atoms. The van der Waals surface area contributed by atoms with E-state index in [0.29, 0.717) is 0 Å². The molecule has 0 unspecified atom stereocenters. The van der Waals surface area contributed by atoms with Gasteiger partial charge in [0.05, 0.1) is 13.0 Å². The second-order valence-corrected chi connectivity index (χ2v) is 4.53. The highest BCUT2D eigenvalue weighted by molar-refractivity contribution is 5.96. The number of hydrogen-bond acceptors (Lipinski definition) is 4. The Labute approximate surface area is 122 Å². The van der Waals surface area contributed by atoms with Gasteiger partial charge in [0, 0.05) is 19.3 Å². The smallest absolute Gasteiger partial charge is 0.321 e. The minimum absolute atomic E-state index is 0.0935. The van der Waals surface area contributed by atoms with E-state index in [1.165, 1.54) is 7.05 Å². The number of nitrogens with zero attached hydrogens (tertiary/aromatic N) is 1. The number of rotatable bonds is 6. The van der Waals surface area contributed by atoms with Crippen LogP contribution in [-0.2, 0) is 9.59 Å². The number of benzene rings is 1. The van der Waals surface area contributed by atoms with Crippen LogP contribution in [0.2, 0.25) is 0 Å². The minimum atomic E-state index is -0.946. The zero-order valence-corrected chi connectivity index (χ0v) is 12.0. The lowest BCUT2D eigenvalue weighted by atomic mass is 10.2. The Morgan fingerprint density at radius 2 is 1.81 bits per heavy atom. The topological polar surface area (TPSA) is 98.7 Å². The van der Waals surface area contributed by atoms with Crippen molar-refractivity contribution < 1.29 is 19.5 Å². The molecule has 0 atom stereocenters. The predicted octanol–water partition coefficient (Wildman–Crippen LogP) is 0.732. The SMILES string of the molecule is CNC(=O)NC(=O)CN(CCC(=O)O)c1ccc(C)cc1. The number of imide groups is 1. The molecule has 21 heavy (non-hydrogen) atoms. The Bertz CT molecular complexity index is 513.